The van der Waals surface area contributed by atoms with Crippen molar-refractivity contribution >= 4 is 18.9 Å². The Morgan fingerprint density at radius 3 is 2.62 bits per heavy atom. The summed E-state index contributed by atoms with van der Waals surface area (Å²) < 4.78 is 1.32. The van der Waals surface area contributed by atoms with Crippen molar-refractivity contribution in [2.45, 2.75) is 0 Å². The molecule has 0 radical (unpaired) electrons. The molecule has 0 aliphatic rings. The second-order valence-electron chi connectivity index (χ2n) is 1.07. The average molecular weight is 101 g/mol. The molecule has 4 heteroatoms. The van der Waals surface area contributed by atoms with Gasteiger partial charge < -0.3 is 0 Å². The van der Waals surface area contributed by atoms with Gasteiger partial charge in [0.05, 0.1) is 0 Å². The van der Waals surface area contributed by atoms with Gasteiger partial charge in [0, 0.05) is 12.4 Å². The molecule has 0 saturated heterocycles. The molecule has 3 nitrogen and oxygen atoms in total. The Hall–Kier alpha value is -0.703. The van der Waals surface area contributed by atoms with Gasteiger partial charge >= 0.3 is 18.9 Å². The van der Waals surface area contributed by atoms with Gasteiger partial charge in [-0.2, -0.15) is 5.26 Å². The van der Waals surface area contributed by atoms with Crippen molar-refractivity contribution in [3.8, 4) is 6.19 Å². The van der Waals surface area contributed by atoms with Crippen LogP contribution in [0.1, 0.15) is 0 Å². The summed E-state index contributed by atoms with van der Waals surface area (Å²) in [6.45, 7) is 0. The zero-order valence-electron chi connectivity index (χ0n) is 3.57. The summed E-state index contributed by atoms with van der Waals surface area (Å²) in [6, 6.07) is 0. The number of imidazole rings is 1. The number of rotatable bonds is 0. The molecule has 0 bridgehead atoms. The third-order valence-electron chi connectivity index (χ3n) is 0.620. The Balaban J connectivity index is 0.000000490. The second kappa shape index (κ2) is 3.32. The van der Waals surface area contributed by atoms with E-state index in [0.717, 1.165) is 0 Å². The van der Waals surface area contributed by atoms with Crippen LogP contribution in [0.4, 0.5) is 0 Å². The van der Waals surface area contributed by atoms with E-state index in [9.17, 15) is 0 Å². The van der Waals surface area contributed by atoms with Gasteiger partial charge in [-0.15, -0.1) is 0 Å². The quantitative estimate of drug-likeness (QED) is 0.416. The van der Waals surface area contributed by atoms with Crippen LogP contribution >= 0.6 is 0 Å². The molecule has 0 atom stereocenters. The van der Waals surface area contributed by atoms with E-state index in [1.807, 2.05) is 6.19 Å². The number of aromatic nitrogens is 2. The van der Waals surface area contributed by atoms with Crippen molar-refractivity contribution in [3.05, 3.63) is 18.7 Å². The molecule has 0 spiro atoms. The normalized spacial score (nSPS) is 6.88. The number of hydrogen-bond donors (Lipinski definition) is 0. The Labute approximate surface area is 59.1 Å². The molecule has 8 heavy (non-hydrogen) atoms. The van der Waals surface area contributed by atoms with Gasteiger partial charge in [-0.3, -0.25) is 0 Å². The topological polar surface area (TPSA) is 41.6 Å². The van der Waals surface area contributed by atoms with Crippen molar-refractivity contribution in [2.75, 3.05) is 0 Å². The van der Waals surface area contributed by atoms with Crippen LogP contribution in [0.3, 0.4) is 0 Å². The van der Waals surface area contributed by atoms with Crippen molar-refractivity contribution in [2.24, 2.45) is 0 Å². The van der Waals surface area contributed by atoms with Crippen molar-refractivity contribution in [1.29, 1.82) is 5.26 Å². The molecule has 0 unspecified atom stereocenters. The van der Waals surface area contributed by atoms with E-state index in [1.165, 1.54) is 10.9 Å². The zero-order chi connectivity index (χ0) is 5.11. The molecule has 0 N–H and O–H groups in total. The first-order valence-corrected chi connectivity index (χ1v) is 1.81. The van der Waals surface area contributed by atoms with Crippen LogP contribution in [-0.4, -0.2) is 28.4 Å². The summed E-state index contributed by atoms with van der Waals surface area (Å²) >= 11 is 0. The molecule has 0 aliphatic heterocycles. The maximum atomic E-state index is 8.10. The molecule has 0 aromatic carbocycles. The van der Waals surface area contributed by atoms with Gasteiger partial charge in [-0.05, 0) is 0 Å². The third-order valence-corrected chi connectivity index (χ3v) is 0.620. The molecule has 0 saturated carbocycles. The van der Waals surface area contributed by atoms with E-state index in [0.29, 0.717) is 0 Å². The zero-order valence-corrected chi connectivity index (χ0v) is 3.57. The van der Waals surface area contributed by atoms with Crippen LogP contribution in [0, 0.1) is 11.5 Å². The Morgan fingerprint density at radius 2 is 2.38 bits per heavy atom. The maximum absolute atomic E-state index is 8.10. The van der Waals surface area contributed by atoms with Gasteiger partial charge in [-0.1, -0.05) is 0 Å². The first kappa shape index (κ1) is 7.30. The summed E-state index contributed by atoms with van der Waals surface area (Å²) in [6.07, 6.45) is 6.45. The van der Waals surface area contributed by atoms with Crippen LogP contribution in [-0.2, 0) is 0 Å². The monoisotopic (exact) mass is 101 g/mol. The number of nitrogens with zero attached hydrogens (tertiary/aromatic N) is 3. The fourth-order valence-electron chi connectivity index (χ4n) is 0.318. The fourth-order valence-corrected chi connectivity index (χ4v) is 0.318. The first-order valence-electron chi connectivity index (χ1n) is 1.81. The van der Waals surface area contributed by atoms with Crippen molar-refractivity contribution < 1.29 is 0 Å². The van der Waals surface area contributed by atoms with Crippen LogP contribution in [0.15, 0.2) is 18.7 Å². The Kier molecular flexibility index (Phi) is 3.03. The molecular formula is C4H4LiN3. The van der Waals surface area contributed by atoms with E-state index in [-0.39, 0.29) is 18.9 Å². The number of hydrogen-bond acceptors (Lipinski definition) is 2. The standard InChI is InChI=1S/C4H3N3.Li.H/c5-3-7-2-1-6-4-7;;/h1-2,4H;;. The van der Waals surface area contributed by atoms with E-state index in [2.05, 4.69) is 4.98 Å². The van der Waals surface area contributed by atoms with Crippen LogP contribution in [0.25, 0.3) is 0 Å². The van der Waals surface area contributed by atoms with Crippen LogP contribution < -0.4 is 0 Å². The molecule has 0 amide bonds. The number of nitriles is 1. The molecule has 1 rings (SSSR count). The first-order chi connectivity index (χ1) is 3.43. The molecule has 1 aromatic rings. The van der Waals surface area contributed by atoms with E-state index < -0.39 is 0 Å². The Morgan fingerprint density at radius 1 is 1.62 bits per heavy atom. The van der Waals surface area contributed by atoms with E-state index >= 15 is 0 Å². The van der Waals surface area contributed by atoms with E-state index in [1.54, 1.807) is 12.4 Å². The minimum atomic E-state index is 0. The van der Waals surface area contributed by atoms with Crippen LogP contribution in [0.5, 0.6) is 0 Å². The third kappa shape index (κ3) is 1.42. The van der Waals surface area contributed by atoms with Gasteiger partial charge in [0.15, 0.2) is 6.19 Å². The predicted molar refractivity (Wildman–Crippen MR) is 30.4 cm³/mol. The molecular weight excluding hydrogens is 97.0 g/mol. The summed E-state index contributed by atoms with van der Waals surface area (Å²) in [4.78, 5) is 3.63. The molecule has 1 heterocycles. The van der Waals surface area contributed by atoms with E-state index in [4.69, 9.17) is 5.26 Å². The summed E-state index contributed by atoms with van der Waals surface area (Å²) in [5.74, 6) is 0. The van der Waals surface area contributed by atoms with Gasteiger partial charge in [0.2, 0.25) is 0 Å². The summed E-state index contributed by atoms with van der Waals surface area (Å²) in [5, 5.41) is 8.10. The molecule has 0 fully saturated rings. The summed E-state index contributed by atoms with van der Waals surface area (Å²) in [7, 11) is 0. The summed E-state index contributed by atoms with van der Waals surface area (Å²) in [5.41, 5.74) is 0. The molecule has 1 aromatic heterocycles. The van der Waals surface area contributed by atoms with Crippen molar-refractivity contribution in [1.82, 2.24) is 9.55 Å². The minimum absolute atomic E-state index is 0. The van der Waals surface area contributed by atoms with Gasteiger partial charge in [0.1, 0.15) is 6.33 Å². The average Bonchev–Trinajstić information content (AvgIpc) is 2.14. The molecule has 0 aliphatic carbocycles. The van der Waals surface area contributed by atoms with Gasteiger partial charge in [-0.25, -0.2) is 9.55 Å². The Bertz CT molecular complexity index is 174. The SMILES string of the molecule is N#Cn1ccnc1.[LiH]. The predicted octanol–water partition coefficient (Wildman–Crippen LogP) is -0.436. The van der Waals surface area contributed by atoms with Gasteiger partial charge in [0.25, 0.3) is 0 Å². The van der Waals surface area contributed by atoms with Crippen LogP contribution in [0.2, 0.25) is 0 Å². The second-order valence-corrected chi connectivity index (χ2v) is 1.07. The fraction of sp³-hybridized carbons (Fsp3) is 0. The molecule has 36 valence electrons. The van der Waals surface area contributed by atoms with Crippen molar-refractivity contribution in [3.63, 3.8) is 0 Å².